The van der Waals surface area contributed by atoms with E-state index >= 15 is 0 Å². The molecule has 0 bridgehead atoms. The van der Waals surface area contributed by atoms with Gasteiger partial charge >= 0.3 is 5.97 Å². The molecular formula is C19H23NO2. The van der Waals surface area contributed by atoms with Crippen LogP contribution in [0.3, 0.4) is 0 Å². The van der Waals surface area contributed by atoms with Gasteiger partial charge in [-0.25, -0.2) is 0 Å². The maximum Gasteiger partial charge on any atom is 0.307 e. The van der Waals surface area contributed by atoms with Gasteiger partial charge in [0.25, 0.3) is 0 Å². The van der Waals surface area contributed by atoms with Crippen LogP contribution in [0.1, 0.15) is 18.1 Å². The molecule has 0 aliphatic carbocycles. The molecule has 0 aromatic heterocycles. The molecule has 3 heteroatoms. The van der Waals surface area contributed by atoms with Crippen LogP contribution in [0.15, 0.2) is 48.5 Å². The summed E-state index contributed by atoms with van der Waals surface area (Å²) < 4.78 is 0. The Hall–Kier alpha value is -2.13. The molecule has 3 nitrogen and oxygen atoms in total. The maximum atomic E-state index is 10.9. The Kier molecular flexibility index (Phi) is 5.34. The van der Waals surface area contributed by atoms with Gasteiger partial charge in [0.15, 0.2) is 0 Å². The van der Waals surface area contributed by atoms with Gasteiger partial charge in [0.05, 0.1) is 5.92 Å². The van der Waals surface area contributed by atoms with Gasteiger partial charge in [-0.15, -0.1) is 0 Å². The first-order valence-corrected chi connectivity index (χ1v) is 7.53. The fraction of sp³-hybridized carbons (Fsp3) is 0.316. The lowest BCUT2D eigenvalue weighted by Gasteiger charge is -2.19. The first-order chi connectivity index (χ1) is 10.5. The topological polar surface area (TPSA) is 40.5 Å². The van der Waals surface area contributed by atoms with Crippen LogP contribution in [0.5, 0.6) is 0 Å². The number of carbonyl (C=O) groups is 1. The highest BCUT2D eigenvalue weighted by Gasteiger charge is 2.13. The van der Waals surface area contributed by atoms with Crippen LogP contribution in [0.25, 0.3) is 11.1 Å². The number of hydrogen-bond acceptors (Lipinski definition) is 2. The lowest BCUT2D eigenvalue weighted by atomic mass is 10.0. The van der Waals surface area contributed by atoms with Crippen molar-refractivity contribution in [2.24, 2.45) is 5.92 Å². The summed E-state index contributed by atoms with van der Waals surface area (Å²) in [7, 11) is 1.96. The molecule has 0 aliphatic heterocycles. The van der Waals surface area contributed by atoms with Crippen molar-refractivity contribution in [2.75, 3.05) is 13.6 Å². The zero-order chi connectivity index (χ0) is 16.1. The van der Waals surface area contributed by atoms with E-state index in [0.29, 0.717) is 6.54 Å². The Balaban J connectivity index is 2.08. The van der Waals surface area contributed by atoms with E-state index in [1.165, 1.54) is 22.3 Å². The number of aliphatic carboxylic acids is 1. The van der Waals surface area contributed by atoms with E-state index in [1.54, 1.807) is 6.92 Å². The third-order valence-electron chi connectivity index (χ3n) is 3.77. The molecule has 1 N–H and O–H groups in total. The standard InChI is InChI=1S/C19H23NO2/c1-14-7-9-17(10-8-14)18-6-4-5-16(11-18)13-20(3)12-15(2)19(21)22/h4-11,15H,12-13H2,1-3H3,(H,21,22). The molecule has 1 unspecified atom stereocenters. The fourth-order valence-corrected chi connectivity index (χ4v) is 2.52. The summed E-state index contributed by atoms with van der Waals surface area (Å²) in [5, 5.41) is 8.99. The minimum atomic E-state index is -0.750. The highest BCUT2D eigenvalue weighted by atomic mass is 16.4. The second-order valence-corrected chi connectivity index (χ2v) is 6.00. The van der Waals surface area contributed by atoms with Crippen LogP contribution in [0, 0.1) is 12.8 Å². The van der Waals surface area contributed by atoms with Gasteiger partial charge in [0.1, 0.15) is 0 Å². The molecule has 0 spiro atoms. The number of rotatable bonds is 6. The van der Waals surface area contributed by atoms with Crippen molar-refractivity contribution >= 4 is 5.97 Å². The molecule has 0 saturated carbocycles. The van der Waals surface area contributed by atoms with E-state index in [9.17, 15) is 4.79 Å². The lowest BCUT2D eigenvalue weighted by Crippen LogP contribution is -2.28. The van der Waals surface area contributed by atoms with Crippen LogP contribution >= 0.6 is 0 Å². The highest BCUT2D eigenvalue weighted by molar-refractivity contribution is 5.69. The van der Waals surface area contributed by atoms with Crippen LogP contribution in [-0.4, -0.2) is 29.6 Å². The third kappa shape index (κ3) is 4.43. The van der Waals surface area contributed by atoms with Gasteiger partial charge in [-0.1, -0.05) is 55.0 Å². The highest BCUT2D eigenvalue weighted by Crippen LogP contribution is 2.21. The van der Waals surface area contributed by atoms with Crippen molar-refractivity contribution in [3.63, 3.8) is 0 Å². The van der Waals surface area contributed by atoms with Gasteiger partial charge < -0.3 is 10.0 Å². The monoisotopic (exact) mass is 297 g/mol. The number of carboxylic acid groups (broad SMARTS) is 1. The summed E-state index contributed by atoms with van der Waals surface area (Å²) >= 11 is 0. The second kappa shape index (κ2) is 7.23. The fourth-order valence-electron chi connectivity index (χ4n) is 2.52. The molecule has 0 aliphatic rings. The zero-order valence-electron chi connectivity index (χ0n) is 13.4. The first-order valence-electron chi connectivity index (χ1n) is 7.53. The molecule has 0 radical (unpaired) electrons. The average Bonchev–Trinajstić information content (AvgIpc) is 2.48. The van der Waals surface area contributed by atoms with Crippen molar-refractivity contribution in [2.45, 2.75) is 20.4 Å². The van der Waals surface area contributed by atoms with Gasteiger partial charge in [-0.2, -0.15) is 0 Å². The van der Waals surface area contributed by atoms with Crippen LogP contribution in [0.2, 0.25) is 0 Å². The summed E-state index contributed by atoms with van der Waals surface area (Å²) in [5.41, 5.74) is 4.84. The molecule has 1 atom stereocenters. The number of nitrogens with zero attached hydrogens (tertiary/aromatic N) is 1. The van der Waals surface area contributed by atoms with Crippen molar-refractivity contribution in [1.29, 1.82) is 0 Å². The van der Waals surface area contributed by atoms with E-state index < -0.39 is 5.97 Å². The van der Waals surface area contributed by atoms with E-state index in [1.807, 2.05) is 11.9 Å². The van der Waals surface area contributed by atoms with E-state index in [-0.39, 0.29) is 5.92 Å². The molecule has 0 heterocycles. The quantitative estimate of drug-likeness (QED) is 0.881. The molecule has 22 heavy (non-hydrogen) atoms. The smallest absolute Gasteiger partial charge is 0.307 e. The van der Waals surface area contributed by atoms with Gasteiger partial charge in [0, 0.05) is 13.1 Å². The van der Waals surface area contributed by atoms with Crippen molar-refractivity contribution < 1.29 is 9.90 Å². The van der Waals surface area contributed by atoms with Gasteiger partial charge in [0.2, 0.25) is 0 Å². The van der Waals surface area contributed by atoms with Gasteiger partial charge in [-0.3, -0.25) is 4.79 Å². The van der Waals surface area contributed by atoms with Crippen LogP contribution in [0.4, 0.5) is 0 Å². The number of hydrogen-bond donors (Lipinski definition) is 1. The number of carboxylic acids is 1. The average molecular weight is 297 g/mol. The minimum Gasteiger partial charge on any atom is -0.481 e. The summed E-state index contributed by atoms with van der Waals surface area (Å²) in [4.78, 5) is 13.0. The van der Waals surface area contributed by atoms with E-state index in [4.69, 9.17) is 5.11 Å². The van der Waals surface area contributed by atoms with Crippen molar-refractivity contribution in [3.05, 3.63) is 59.7 Å². The molecular weight excluding hydrogens is 274 g/mol. The molecule has 2 aromatic carbocycles. The predicted octanol–water partition coefficient (Wildman–Crippen LogP) is 3.81. The summed E-state index contributed by atoms with van der Waals surface area (Å²) in [6, 6.07) is 16.9. The van der Waals surface area contributed by atoms with Crippen molar-refractivity contribution in [1.82, 2.24) is 4.90 Å². The number of aryl methyl sites for hydroxylation is 1. The largest absolute Gasteiger partial charge is 0.481 e. The Labute approximate surface area is 132 Å². The maximum absolute atomic E-state index is 10.9. The second-order valence-electron chi connectivity index (χ2n) is 6.00. The van der Waals surface area contributed by atoms with E-state index in [2.05, 4.69) is 55.5 Å². The normalized spacial score (nSPS) is 12.4. The SMILES string of the molecule is Cc1ccc(-c2cccc(CN(C)CC(C)C(=O)O)c2)cc1. The summed E-state index contributed by atoms with van der Waals surface area (Å²) in [6.07, 6.45) is 0. The Bertz CT molecular complexity index is 634. The van der Waals surface area contributed by atoms with E-state index in [0.717, 1.165) is 6.54 Å². The molecule has 0 amide bonds. The zero-order valence-corrected chi connectivity index (χ0v) is 13.4. The lowest BCUT2D eigenvalue weighted by molar-refractivity contribution is -0.141. The van der Waals surface area contributed by atoms with Crippen molar-refractivity contribution in [3.8, 4) is 11.1 Å². The summed E-state index contributed by atoms with van der Waals surface area (Å²) in [6.45, 7) is 5.11. The molecule has 116 valence electrons. The van der Waals surface area contributed by atoms with Crippen LogP contribution < -0.4 is 0 Å². The summed E-state index contributed by atoms with van der Waals surface area (Å²) in [5.74, 6) is -1.11. The molecule has 0 fully saturated rings. The first kappa shape index (κ1) is 16.2. The predicted molar refractivity (Wildman–Crippen MR) is 89.7 cm³/mol. The Morgan fingerprint density at radius 2 is 1.82 bits per heavy atom. The van der Waals surface area contributed by atoms with Gasteiger partial charge in [-0.05, 0) is 36.7 Å². The minimum absolute atomic E-state index is 0.356. The van der Waals surface area contributed by atoms with Crippen LogP contribution in [-0.2, 0) is 11.3 Å². The molecule has 0 saturated heterocycles. The Morgan fingerprint density at radius 1 is 1.14 bits per heavy atom. The third-order valence-corrected chi connectivity index (χ3v) is 3.77. The molecule has 2 rings (SSSR count). The number of benzene rings is 2. The molecule has 2 aromatic rings. The Morgan fingerprint density at radius 3 is 2.45 bits per heavy atom.